The number of rotatable bonds is 4. The van der Waals surface area contributed by atoms with Gasteiger partial charge in [-0.15, -0.1) is 0 Å². The number of imide groups is 1. The molecule has 3 N–H and O–H groups in total. The van der Waals surface area contributed by atoms with E-state index in [9.17, 15) is 14.4 Å². The maximum atomic E-state index is 12.3. The molecule has 1 saturated heterocycles. The molecule has 2 aliphatic rings. The molecule has 122 valence electrons. The first-order valence-electron chi connectivity index (χ1n) is 8.00. The Morgan fingerprint density at radius 3 is 2.22 bits per heavy atom. The maximum absolute atomic E-state index is 12.3. The fourth-order valence-corrected chi connectivity index (χ4v) is 3.16. The van der Waals surface area contributed by atoms with Crippen LogP contribution in [0.3, 0.4) is 0 Å². The predicted molar refractivity (Wildman–Crippen MR) is 85.2 cm³/mol. The van der Waals surface area contributed by atoms with Gasteiger partial charge in [-0.05, 0) is 30.5 Å². The molecule has 2 fully saturated rings. The van der Waals surface area contributed by atoms with Crippen molar-refractivity contribution in [3.63, 3.8) is 0 Å². The van der Waals surface area contributed by atoms with Crippen molar-refractivity contribution in [3.8, 4) is 0 Å². The summed E-state index contributed by atoms with van der Waals surface area (Å²) in [6.07, 6.45) is 4.00. The first-order chi connectivity index (χ1) is 11.0. The third-order valence-electron chi connectivity index (χ3n) is 4.66. The summed E-state index contributed by atoms with van der Waals surface area (Å²) in [6, 6.07) is 7.17. The van der Waals surface area contributed by atoms with Gasteiger partial charge in [0, 0.05) is 18.5 Å². The summed E-state index contributed by atoms with van der Waals surface area (Å²) in [6.45, 7) is 0.284. The van der Waals surface area contributed by atoms with Gasteiger partial charge in [-0.3, -0.25) is 19.3 Å². The van der Waals surface area contributed by atoms with Crippen LogP contribution in [0.15, 0.2) is 24.3 Å². The number of hydrogen-bond acceptors (Lipinski definition) is 4. The summed E-state index contributed by atoms with van der Waals surface area (Å²) in [7, 11) is 0. The number of nitrogens with two attached hydrogens (primary N) is 1. The van der Waals surface area contributed by atoms with Crippen molar-refractivity contribution in [2.75, 3.05) is 5.32 Å². The van der Waals surface area contributed by atoms with Crippen LogP contribution in [-0.2, 0) is 20.9 Å². The van der Waals surface area contributed by atoms with Gasteiger partial charge in [0.2, 0.25) is 17.7 Å². The molecule has 1 aliphatic heterocycles. The minimum absolute atomic E-state index is 0.126. The van der Waals surface area contributed by atoms with Crippen molar-refractivity contribution >= 4 is 23.4 Å². The summed E-state index contributed by atoms with van der Waals surface area (Å²) in [4.78, 5) is 36.8. The highest BCUT2D eigenvalue weighted by atomic mass is 16.2. The van der Waals surface area contributed by atoms with Crippen LogP contribution in [0.4, 0.5) is 5.69 Å². The third kappa shape index (κ3) is 3.27. The number of amides is 3. The minimum Gasteiger partial charge on any atom is -0.324 e. The Labute approximate surface area is 135 Å². The van der Waals surface area contributed by atoms with Crippen LogP contribution in [0.1, 0.15) is 44.1 Å². The molecule has 1 saturated carbocycles. The van der Waals surface area contributed by atoms with E-state index in [0.717, 1.165) is 31.2 Å². The molecule has 1 aromatic rings. The Hall–Kier alpha value is -2.21. The summed E-state index contributed by atoms with van der Waals surface area (Å²) in [5.41, 5.74) is 6.90. The number of likely N-dealkylation sites (tertiary alicyclic amines) is 1. The van der Waals surface area contributed by atoms with Crippen LogP contribution in [-0.4, -0.2) is 28.2 Å². The zero-order valence-corrected chi connectivity index (χ0v) is 13.0. The van der Waals surface area contributed by atoms with Crippen molar-refractivity contribution in [2.45, 2.75) is 50.6 Å². The summed E-state index contributed by atoms with van der Waals surface area (Å²) in [5.74, 6) is -0.398. The first-order valence-corrected chi connectivity index (χ1v) is 8.00. The van der Waals surface area contributed by atoms with Crippen molar-refractivity contribution in [3.05, 3.63) is 29.8 Å². The second-order valence-corrected chi connectivity index (χ2v) is 6.39. The lowest BCUT2D eigenvalue weighted by molar-refractivity contribution is -0.139. The molecule has 0 radical (unpaired) electrons. The molecule has 3 rings (SSSR count). The average Bonchev–Trinajstić information content (AvgIpc) is 3.11. The number of anilines is 1. The molecular formula is C17H21N3O3. The van der Waals surface area contributed by atoms with E-state index in [4.69, 9.17) is 5.73 Å². The van der Waals surface area contributed by atoms with Crippen molar-refractivity contribution in [2.24, 2.45) is 5.73 Å². The van der Waals surface area contributed by atoms with Crippen LogP contribution in [0.5, 0.6) is 0 Å². The summed E-state index contributed by atoms with van der Waals surface area (Å²) in [5, 5.41) is 2.85. The van der Waals surface area contributed by atoms with Gasteiger partial charge in [-0.2, -0.15) is 0 Å². The summed E-state index contributed by atoms with van der Waals surface area (Å²) >= 11 is 0. The van der Waals surface area contributed by atoms with Gasteiger partial charge in [-0.25, -0.2) is 0 Å². The van der Waals surface area contributed by atoms with Crippen LogP contribution >= 0.6 is 0 Å². The number of hydrogen-bond donors (Lipinski definition) is 2. The molecule has 0 bridgehead atoms. The van der Waals surface area contributed by atoms with Crippen molar-refractivity contribution < 1.29 is 14.4 Å². The molecule has 1 aromatic carbocycles. The molecular weight excluding hydrogens is 294 g/mol. The summed E-state index contributed by atoms with van der Waals surface area (Å²) < 4.78 is 0. The van der Waals surface area contributed by atoms with Crippen molar-refractivity contribution in [1.82, 2.24) is 4.90 Å². The molecule has 6 nitrogen and oxygen atoms in total. The first kappa shape index (κ1) is 15.7. The van der Waals surface area contributed by atoms with E-state index in [2.05, 4.69) is 5.32 Å². The third-order valence-corrected chi connectivity index (χ3v) is 4.66. The average molecular weight is 315 g/mol. The second kappa shape index (κ2) is 6.12. The molecule has 1 heterocycles. The molecule has 0 spiro atoms. The fourth-order valence-electron chi connectivity index (χ4n) is 3.16. The minimum atomic E-state index is -0.757. The van der Waals surface area contributed by atoms with Gasteiger partial charge < -0.3 is 11.1 Å². The number of carbonyl (C=O) groups excluding carboxylic acids is 3. The largest absolute Gasteiger partial charge is 0.324 e. The van der Waals surface area contributed by atoms with E-state index in [1.54, 1.807) is 12.1 Å². The molecule has 0 atom stereocenters. The Morgan fingerprint density at radius 2 is 1.65 bits per heavy atom. The quantitative estimate of drug-likeness (QED) is 0.824. The van der Waals surface area contributed by atoms with E-state index in [1.807, 2.05) is 12.1 Å². The van der Waals surface area contributed by atoms with Gasteiger partial charge in [0.05, 0.1) is 12.1 Å². The van der Waals surface area contributed by atoms with Gasteiger partial charge in [0.15, 0.2) is 0 Å². The SMILES string of the molecule is NC1(C(=O)Nc2ccc(CN3C(=O)CCC3=O)cc2)CCCC1. The zero-order valence-electron chi connectivity index (χ0n) is 13.0. The van der Waals surface area contributed by atoms with Crippen LogP contribution in [0.2, 0.25) is 0 Å². The lowest BCUT2D eigenvalue weighted by Crippen LogP contribution is -2.48. The zero-order chi connectivity index (χ0) is 16.4. The molecule has 6 heteroatoms. The Morgan fingerprint density at radius 1 is 1.09 bits per heavy atom. The Kier molecular flexibility index (Phi) is 4.17. The number of benzene rings is 1. The maximum Gasteiger partial charge on any atom is 0.244 e. The Balaban J connectivity index is 1.62. The van der Waals surface area contributed by atoms with Crippen molar-refractivity contribution in [1.29, 1.82) is 0 Å². The highest BCUT2D eigenvalue weighted by Crippen LogP contribution is 2.28. The molecule has 0 aromatic heterocycles. The highest BCUT2D eigenvalue weighted by Gasteiger charge is 2.37. The smallest absolute Gasteiger partial charge is 0.244 e. The van der Waals surface area contributed by atoms with E-state index >= 15 is 0 Å². The standard InChI is InChI=1S/C17H21N3O3/c18-17(9-1-2-10-17)16(23)19-13-5-3-12(4-6-13)11-20-14(21)7-8-15(20)22/h3-6H,1-2,7-11,18H2,(H,19,23). The van der Waals surface area contributed by atoms with E-state index in [0.29, 0.717) is 18.5 Å². The van der Waals surface area contributed by atoms with Gasteiger partial charge >= 0.3 is 0 Å². The lowest BCUT2D eigenvalue weighted by atomic mass is 9.98. The molecule has 3 amide bonds. The second-order valence-electron chi connectivity index (χ2n) is 6.39. The van der Waals surface area contributed by atoms with Gasteiger partial charge in [-0.1, -0.05) is 25.0 Å². The highest BCUT2D eigenvalue weighted by molar-refractivity contribution is 6.02. The van der Waals surface area contributed by atoms with E-state index in [-0.39, 0.29) is 24.3 Å². The number of carbonyl (C=O) groups is 3. The number of nitrogens with one attached hydrogen (secondary N) is 1. The number of nitrogens with zero attached hydrogens (tertiary/aromatic N) is 1. The topological polar surface area (TPSA) is 92.5 Å². The predicted octanol–water partition coefficient (Wildman–Crippen LogP) is 1.55. The Bertz CT molecular complexity index is 617. The van der Waals surface area contributed by atoms with Crippen LogP contribution in [0, 0.1) is 0 Å². The molecule has 0 unspecified atom stereocenters. The lowest BCUT2D eigenvalue weighted by Gasteiger charge is -2.22. The fraction of sp³-hybridized carbons (Fsp3) is 0.471. The van der Waals surface area contributed by atoms with Crippen LogP contribution < -0.4 is 11.1 Å². The van der Waals surface area contributed by atoms with E-state index < -0.39 is 5.54 Å². The molecule has 23 heavy (non-hydrogen) atoms. The van der Waals surface area contributed by atoms with Gasteiger partial charge in [0.25, 0.3) is 0 Å². The normalized spacial score (nSPS) is 20.1. The monoisotopic (exact) mass is 315 g/mol. The van der Waals surface area contributed by atoms with E-state index in [1.165, 1.54) is 4.90 Å². The van der Waals surface area contributed by atoms with Crippen LogP contribution in [0.25, 0.3) is 0 Å². The molecule has 1 aliphatic carbocycles. The van der Waals surface area contributed by atoms with Gasteiger partial charge in [0.1, 0.15) is 0 Å².